The van der Waals surface area contributed by atoms with Crippen LogP contribution >= 0.6 is 0 Å². The molecule has 17 heavy (non-hydrogen) atoms. The van der Waals surface area contributed by atoms with Crippen molar-refractivity contribution in [1.82, 2.24) is 0 Å². The number of methoxy groups -OCH3 is 1. The van der Waals surface area contributed by atoms with E-state index in [2.05, 4.69) is 0 Å². The lowest BCUT2D eigenvalue weighted by atomic mass is 9.85. The van der Waals surface area contributed by atoms with Crippen molar-refractivity contribution in [3.63, 3.8) is 0 Å². The van der Waals surface area contributed by atoms with Gasteiger partial charge in [-0.2, -0.15) is 0 Å². The van der Waals surface area contributed by atoms with Gasteiger partial charge in [-0.25, -0.2) is 0 Å². The highest BCUT2D eigenvalue weighted by Crippen LogP contribution is 2.30. The Morgan fingerprint density at radius 1 is 1.00 bits per heavy atom. The summed E-state index contributed by atoms with van der Waals surface area (Å²) >= 11 is 0. The van der Waals surface area contributed by atoms with E-state index in [1.54, 1.807) is 7.11 Å². The van der Waals surface area contributed by atoms with Gasteiger partial charge >= 0.3 is 0 Å². The second-order valence-corrected chi connectivity index (χ2v) is 4.75. The van der Waals surface area contributed by atoms with Crippen LogP contribution in [0.1, 0.15) is 38.5 Å². The van der Waals surface area contributed by atoms with Crippen LogP contribution in [-0.4, -0.2) is 45.7 Å². The quantitative estimate of drug-likeness (QED) is 0.628. The molecule has 1 rings (SSSR count). The normalized spacial score (nSPS) is 19.4. The number of hydrogen-bond acceptors (Lipinski definition) is 4. The molecule has 4 heteroatoms. The van der Waals surface area contributed by atoms with Crippen molar-refractivity contribution in [2.45, 2.75) is 44.1 Å². The van der Waals surface area contributed by atoms with Crippen LogP contribution in [0.15, 0.2) is 0 Å². The molecule has 4 nitrogen and oxygen atoms in total. The van der Waals surface area contributed by atoms with E-state index in [1.165, 1.54) is 19.3 Å². The van der Waals surface area contributed by atoms with Crippen LogP contribution in [0.4, 0.5) is 0 Å². The first kappa shape index (κ1) is 14.9. The Bertz CT molecular complexity index is 182. The van der Waals surface area contributed by atoms with Crippen LogP contribution in [0.3, 0.4) is 0 Å². The van der Waals surface area contributed by atoms with Gasteiger partial charge in [0.2, 0.25) is 0 Å². The van der Waals surface area contributed by atoms with Crippen LogP contribution in [0.2, 0.25) is 0 Å². The standard InChI is InChI=1S/C13H27NO3/c1-15-10-11-16-8-5-9-17-13(12-14)6-3-2-4-7-13/h2-12,14H2,1H3. The molecule has 102 valence electrons. The lowest BCUT2D eigenvalue weighted by Crippen LogP contribution is -2.42. The SMILES string of the molecule is COCCOCCCOC1(CN)CCCCC1. The predicted octanol–water partition coefficient (Wildman–Crippen LogP) is 1.72. The van der Waals surface area contributed by atoms with Gasteiger partial charge in [0.15, 0.2) is 0 Å². The topological polar surface area (TPSA) is 53.7 Å². The fourth-order valence-corrected chi connectivity index (χ4v) is 2.30. The summed E-state index contributed by atoms with van der Waals surface area (Å²) < 4.78 is 16.3. The molecule has 1 aliphatic carbocycles. The molecule has 0 atom stereocenters. The van der Waals surface area contributed by atoms with E-state index in [1.807, 2.05) is 0 Å². The molecule has 0 aliphatic heterocycles. The van der Waals surface area contributed by atoms with Crippen molar-refractivity contribution >= 4 is 0 Å². The third-order valence-electron chi connectivity index (χ3n) is 3.41. The number of nitrogens with two attached hydrogens (primary N) is 1. The van der Waals surface area contributed by atoms with Crippen molar-refractivity contribution < 1.29 is 14.2 Å². The predicted molar refractivity (Wildman–Crippen MR) is 68.1 cm³/mol. The molecule has 1 saturated carbocycles. The molecule has 0 aromatic carbocycles. The molecule has 0 saturated heterocycles. The maximum absolute atomic E-state index is 5.99. The summed E-state index contributed by atoms with van der Waals surface area (Å²) in [5, 5.41) is 0. The van der Waals surface area contributed by atoms with Crippen molar-refractivity contribution in [2.75, 3.05) is 40.1 Å². The van der Waals surface area contributed by atoms with E-state index in [9.17, 15) is 0 Å². The summed E-state index contributed by atoms with van der Waals surface area (Å²) in [5.41, 5.74) is 5.81. The molecular weight excluding hydrogens is 218 g/mol. The fourth-order valence-electron chi connectivity index (χ4n) is 2.30. The number of ether oxygens (including phenoxy) is 3. The summed E-state index contributed by atoms with van der Waals surface area (Å²) in [6.45, 7) is 3.47. The van der Waals surface area contributed by atoms with Gasteiger partial charge in [0, 0.05) is 26.9 Å². The maximum atomic E-state index is 5.99. The Kier molecular flexibility index (Phi) is 7.77. The van der Waals surface area contributed by atoms with Crippen molar-refractivity contribution in [3.8, 4) is 0 Å². The van der Waals surface area contributed by atoms with Gasteiger partial charge in [0.25, 0.3) is 0 Å². The Labute approximate surface area is 105 Å². The molecule has 0 aromatic rings. The molecule has 0 aromatic heterocycles. The lowest BCUT2D eigenvalue weighted by Gasteiger charge is -2.36. The summed E-state index contributed by atoms with van der Waals surface area (Å²) in [6, 6.07) is 0. The molecule has 0 radical (unpaired) electrons. The summed E-state index contributed by atoms with van der Waals surface area (Å²) in [4.78, 5) is 0. The molecule has 0 bridgehead atoms. The minimum absolute atomic E-state index is 0.0369. The van der Waals surface area contributed by atoms with Gasteiger partial charge in [-0.1, -0.05) is 19.3 Å². The minimum Gasteiger partial charge on any atom is -0.382 e. The van der Waals surface area contributed by atoms with E-state index in [0.717, 1.165) is 32.5 Å². The lowest BCUT2D eigenvalue weighted by molar-refractivity contribution is -0.0695. The summed E-state index contributed by atoms with van der Waals surface area (Å²) in [6.07, 6.45) is 7.00. The third-order valence-corrected chi connectivity index (χ3v) is 3.41. The van der Waals surface area contributed by atoms with E-state index >= 15 is 0 Å². The second-order valence-electron chi connectivity index (χ2n) is 4.75. The smallest absolute Gasteiger partial charge is 0.0804 e. The van der Waals surface area contributed by atoms with Crippen molar-refractivity contribution in [3.05, 3.63) is 0 Å². The first-order chi connectivity index (χ1) is 8.33. The summed E-state index contributed by atoms with van der Waals surface area (Å²) in [5.74, 6) is 0. The highest BCUT2D eigenvalue weighted by Gasteiger charge is 2.31. The Balaban J connectivity index is 2.03. The zero-order valence-corrected chi connectivity index (χ0v) is 11.1. The van der Waals surface area contributed by atoms with Crippen LogP contribution in [0.5, 0.6) is 0 Å². The highest BCUT2D eigenvalue weighted by molar-refractivity contribution is 4.85. The molecule has 0 unspecified atom stereocenters. The van der Waals surface area contributed by atoms with Gasteiger partial charge in [0.1, 0.15) is 0 Å². The van der Waals surface area contributed by atoms with Crippen LogP contribution in [0, 0.1) is 0 Å². The molecule has 1 aliphatic rings. The molecular formula is C13H27NO3. The second kappa shape index (κ2) is 8.86. The monoisotopic (exact) mass is 245 g/mol. The van der Waals surface area contributed by atoms with Crippen molar-refractivity contribution in [2.24, 2.45) is 5.73 Å². The van der Waals surface area contributed by atoms with Gasteiger partial charge < -0.3 is 19.9 Å². The first-order valence-electron chi connectivity index (χ1n) is 6.74. The highest BCUT2D eigenvalue weighted by atomic mass is 16.5. The largest absolute Gasteiger partial charge is 0.382 e. The molecule has 0 amide bonds. The van der Waals surface area contributed by atoms with Crippen LogP contribution in [0.25, 0.3) is 0 Å². The third kappa shape index (κ3) is 5.82. The maximum Gasteiger partial charge on any atom is 0.0804 e. The van der Waals surface area contributed by atoms with Gasteiger partial charge in [-0.05, 0) is 19.3 Å². The molecule has 0 spiro atoms. The van der Waals surface area contributed by atoms with Crippen LogP contribution in [-0.2, 0) is 14.2 Å². The average molecular weight is 245 g/mol. The van der Waals surface area contributed by atoms with E-state index < -0.39 is 0 Å². The van der Waals surface area contributed by atoms with Gasteiger partial charge in [0.05, 0.1) is 18.8 Å². The van der Waals surface area contributed by atoms with Gasteiger partial charge in [-0.15, -0.1) is 0 Å². The number of hydrogen-bond donors (Lipinski definition) is 1. The zero-order chi connectivity index (χ0) is 12.4. The Morgan fingerprint density at radius 2 is 1.76 bits per heavy atom. The van der Waals surface area contributed by atoms with Crippen LogP contribution < -0.4 is 5.73 Å². The Morgan fingerprint density at radius 3 is 2.41 bits per heavy atom. The molecule has 1 fully saturated rings. The number of rotatable bonds is 9. The summed E-state index contributed by atoms with van der Waals surface area (Å²) in [7, 11) is 1.68. The van der Waals surface area contributed by atoms with E-state index in [0.29, 0.717) is 19.8 Å². The average Bonchev–Trinajstić information content (AvgIpc) is 2.39. The van der Waals surface area contributed by atoms with Crippen molar-refractivity contribution in [1.29, 1.82) is 0 Å². The molecule has 2 N–H and O–H groups in total. The Hall–Kier alpha value is -0.160. The minimum atomic E-state index is -0.0369. The van der Waals surface area contributed by atoms with E-state index in [4.69, 9.17) is 19.9 Å². The first-order valence-corrected chi connectivity index (χ1v) is 6.74. The molecule has 0 heterocycles. The fraction of sp³-hybridized carbons (Fsp3) is 1.00. The van der Waals surface area contributed by atoms with Gasteiger partial charge in [-0.3, -0.25) is 0 Å². The zero-order valence-electron chi connectivity index (χ0n) is 11.1. The van der Waals surface area contributed by atoms with E-state index in [-0.39, 0.29) is 5.60 Å².